The summed E-state index contributed by atoms with van der Waals surface area (Å²) in [5, 5.41) is 28.1. The molecule has 0 saturated heterocycles. The Morgan fingerprint density at radius 3 is 2.22 bits per heavy atom. The van der Waals surface area contributed by atoms with Crippen LogP contribution in [0.3, 0.4) is 0 Å². The van der Waals surface area contributed by atoms with Crippen LogP contribution in [0.4, 0.5) is 5.69 Å². The zero-order valence-electron chi connectivity index (χ0n) is 22.7. The lowest BCUT2D eigenvalue weighted by atomic mass is 9.96. The fraction of sp³-hybridized carbons (Fsp3) is 0.156. The number of nitro groups is 1. The topological polar surface area (TPSA) is 124 Å². The predicted molar refractivity (Wildman–Crippen MR) is 156 cm³/mol. The molecule has 1 aromatic heterocycles. The Morgan fingerprint density at radius 2 is 1.59 bits per heavy atom. The van der Waals surface area contributed by atoms with Crippen molar-refractivity contribution in [3.8, 4) is 0 Å². The van der Waals surface area contributed by atoms with Gasteiger partial charge in [0.25, 0.3) is 5.69 Å². The number of hydrogen-bond donors (Lipinski definition) is 1. The number of carbonyl (C=O) groups is 2. The summed E-state index contributed by atoms with van der Waals surface area (Å²) in [6.45, 7) is 5.81. The first-order valence-corrected chi connectivity index (χ1v) is 13.0. The van der Waals surface area contributed by atoms with Crippen molar-refractivity contribution in [1.29, 1.82) is 0 Å². The van der Waals surface area contributed by atoms with Gasteiger partial charge in [0.1, 0.15) is 11.8 Å². The van der Waals surface area contributed by atoms with Crippen molar-refractivity contribution >= 4 is 45.0 Å². The highest BCUT2D eigenvalue weighted by Crippen LogP contribution is 2.33. The third-order valence-corrected chi connectivity index (χ3v) is 7.08. The summed E-state index contributed by atoms with van der Waals surface area (Å²) < 4.78 is 2.13. The average molecular weight is 550 g/mol. The fourth-order valence-electron chi connectivity index (χ4n) is 5.04. The fourth-order valence-corrected chi connectivity index (χ4v) is 5.04. The van der Waals surface area contributed by atoms with E-state index < -0.39 is 17.0 Å². The van der Waals surface area contributed by atoms with Crippen molar-refractivity contribution in [3.63, 3.8) is 0 Å². The summed E-state index contributed by atoms with van der Waals surface area (Å²) >= 11 is 0. The quantitative estimate of drug-likeness (QED) is 0.0801. The Morgan fingerprint density at radius 1 is 0.951 bits per heavy atom. The van der Waals surface area contributed by atoms with Gasteiger partial charge < -0.3 is 14.5 Å². The second-order valence-corrected chi connectivity index (χ2v) is 9.66. The molecule has 0 aliphatic rings. The number of nitro benzene ring substituents is 1. The lowest BCUT2D eigenvalue weighted by molar-refractivity contribution is -0.384. The number of rotatable bonds is 8. The van der Waals surface area contributed by atoms with Crippen molar-refractivity contribution in [3.05, 3.63) is 123 Å². The van der Waals surface area contributed by atoms with Crippen LogP contribution in [0.5, 0.6) is 0 Å². The van der Waals surface area contributed by atoms with Gasteiger partial charge in [-0.3, -0.25) is 14.9 Å². The summed E-state index contributed by atoms with van der Waals surface area (Å²) in [6, 6.07) is 24.0. The number of benzene rings is 4. The first kappa shape index (κ1) is 27.4. The molecule has 0 aliphatic carbocycles. The number of carbonyl (C=O) groups excluding carboxylic acids is 2. The number of ketones is 1. The number of oxime groups is 1. The number of aliphatic hydroxyl groups excluding tert-OH is 1. The van der Waals surface area contributed by atoms with Crippen LogP contribution in [-0.2, 0) is 16.2 Å². The minimum Gasteiger partial charge on any atom is -0.382 e. The Hall–Kier alpha value is -5.15. The molecule has 0 fully saturated rings. The summed E-state index contributed by atoms with van der Waals surface area (Å²) in [7, 11) is 0. The van der Waals surface area contributed by atoms with E-state index in [1.807, 2.05) is 68.4 Å². The van der Waals surface area contributed by atoms with E-state index in [4.69, 9.17) is 4.84 Å². The van der Waals surface area contributed by atoms with Crippen molar-refractivity contribution in [2.24, 2.45) is 5.16 Å². The molecule has 1 N–H and O–H groups in total. The zero-order valence-corrected chi connectivity index (χ0v) is 22.7. The molecule has 41 heavy (non-hydrogen) atoms. The summed E-state index contributed by atoms with van der Waals surface area (Å²) in [6.07, 6.45) is -1.32. The number of fused-ring (bicyclic) bond motifs is 3. The highest BCUT2D eigenvalue weighted by atomic mass is 16.7. The van der Waals surface area contributed by atoms with Gasteiger partial charge >= 0.3 is 5.97 Å². The van der Waals surface area contributed by atoms with Gasteiger partial charge in [-0.1, -0.05) is 35.5 Å². The highest BCUT2D eigenvalue weighted by Gasteiger charge is 2.22. The van der Waals surface area contributed by atoms with Crippen LogP contribution < -0.4 is 0 Å². The van der Waals surface area contributed by atoms with Crippen LogP contribution in [-0.4, -0.2) is 32.1 Å². The first-order valence-electron chi connectivity index (χ1n) is 13.0. The molecule has 0 amide bonds. The van der Waals surface area contributed by atoms with E-state index in [9.17, 15) is 24.8 Å². The zero-order chi connectivity index (χ0) is 29.3. The second-order valence-electron chi connectivity index (χ2n) is 9.66. The van der Waals surface area contributed by atoms with Crippen LogP contribution in [0.15, 0.2) is 90.1 Å². The van der Waals surface area contributed by atoms with Crippen LogP contribution in [0.2, 0.25) is 0 Å². The number of non-ortho nitro benzene ring substituents is 1. The smallest absolute Gasteiger partial charge is 0.331 e. The minimum absolute atomic E-state index is 0.0177. The molecule has 0 aliphatic heterocycles. The molecule has 0 bridgehead atoms. The number of nitrogens with zero attached hydrogens (tertiary/aromatic N) is 3. The van der Waals surface area contributed by atoms with Gasteiger partial charge in [-0.15, -0.1) is 0 Å². The Labute approximate surface area is 235 Å². The molecule has 206 valence electrons. The SMILES string of the molecule is CCn1c2ccc(C(=O)c3ccccc3C)cc2c2cc(C(O)/C(=N/OC(C)=O)c3ccc([N+](=O)[O-])cc3)ccc21. The van der Waals surface area contributed by atoms with E-state index in [-0.39, 0.29) is 17.2 Å². The van der Waals surface area contributed by atoms with E-state index in [1.54, 1.807) is 6.07 Å². The number of aliphatic hydroxyl groups is 1. The van der Waals surface area contributed by atoms with Gasteiger partial charge in [-0.25, -0.2) is 4.79 Å². The molecule has 5 rings (SSSR count). The molecule has 0 radical (unpaired) electrons. The molecular weight excluding hydrogens is 522 g/mol. The molecular formula is C32H27N3O6. The van der Waals surface area contributed by atoms with Crippen molar-refractivity contribution in [2.75, 3.05) is 0 Å². The van der Waals surface area contributed by atoms with Crippen LogP contribution >= 0.6 is 0 Å². The maximum Gasteiger partial charge on any atom is 0.331 e. The van der Waals surface area contributed by atoms with E-state index in [2.05, 4.69) is 9.72 Å². The number of aromatic nitrogens is 1. The highest BCUT2D eigenvalue weighted by molar-refractivity contribution is 6.15. The number of aryl methyl sites for hydroxylation is 2. The molecule has 0 spiro atoms. The summed E-state index contributed by atoms with van der Waals surface area (Å²) in [5.41, 5.74) is 4.66. The van der Waals surface area contributed by atoms with Gasteiger partial charge in [0.15, 0.2) is 5.78 Å². The minimum atomic E-state index is -1.32. The molecule has 0 saturated carbocycles. The molecule has 9 nitrogen and oxygen atoms in total. The monoisotopic (exact) mass is 549 g/mol. The molecule has 1 unspecified atom stereocenters. The third kappa shape index (κ3) is 5.22. The lowest BCUT2D eigenvalue weighted by Crippen LogP contribution is -2.15. The van der Waals surface area contributed by atoms with E-state index in [1.165, 1.54) is 31.2 Å². The number of hydrogen-bond acceptors (Lipinski definition) is 7. The summed E-state index contributed by atoms with van der Waals surface area (Å²) in [5.74, 6) is -0.753. The molecule has 1 atom stereocenters. The van der Waals surface area contributed by atoms with Gasteiger partial charge in [0.2, 0.25) is 0 Å². The van der Waals surface area contributed by atoms with Gasteiger partial charge in [0, 0.05) is 64.1 Å². The molecule has 1 heterocycles. The van der Waals surface area contributed by atoms with E-state index >= 15 is 0 Å². The van der Waals surface area contributed by atoms with E-state index in [0.29, 0.717) is 28.8 Å². The molecule has 5 aromatic rings. The first-order chi connectivity index (χ1) is 19.7. The second kappa shape index (κ2) is 11.1. The van der Waals surface area contributed by atoms with E-state index in [0.717, 1.165) is 27.4 Å². The predicted octanol–water partition coefficient (Wildman–Crippen LogP) is 6.26. The maximum absolute atomic E-state index is 13.4. The summed E-state index contributed by atoms with van der Waals surface area (Å²) in [4.78, 5) is 40.4. The van der Waals surface area contributed by atoms with Crippen LogP contribution in [0, 0.1) is 17.0 Å². The van der Waals surface area contributed by atoms with Crippen molar-refractivity contribution in [1.82, 2.24) is 4.57 Å². The third-order valence-electron chi connectivity index (χ3n) is 7.08. The van der Waals surface area contributed by atoms with Gasteiger partial charge in [0.05, 0.1) is 4.92 Å². The van der Waals surface area contributed by atoms with Crippen LogP contribution in [0.1, 0.15) is 52.6 Å². The largest absolute Gasteiger partial charge is 0.382 e. The van der Waals surface area contributed by atoms with Gasteiger partial charge in [-0.05, 0) is 67.4 Å². The molecule has 4 aromatic carbocycles. The van der Waals surface area contributed by atoms with Crippen LogP contribution in [0.25, 0.3) is 21.8 Å². The Bertz CT molecular complexity index is 1850. The average Bonchev–Trinajstić information content (AvgIpc) is 3.29. The van der Waals surface area contributed by atoms with Crippen molar-refractivity contribution in [2.45, 2.75) is 33.4 Å². The van der Waals surface area contributed by atoms with Crippen molar-refractivity contribution < 1.29 is 24.5 Å². The Balaban J connectivity index is 1.62. The maximum atomic E-state index is 13.4. The standard InChI is InChI=1S/C32H27N3O6/c1-4-34-28-15-11-22(31(37)25-8-6-5-7-19(25)2)17-26(28)27-18-23(12-16-29(27)34)32(38)30(33-41-20(3)36)21-9-13-24(14-10-21)35(39)40/h5-18,32,38H,4H2,1-3H3/b33-30+. The normalized spacial score (nSPS) is 12.4. The van der Waals surface area contributed by atoms with Gasteiger partial charge in [-0.2, -0.15) is 0 Å². The Kier molecular flexibility index (Phi) is 7.45. The lowest BCUT2D eigenvalue weighted by Gasteiger charge is -2.14. The molecule has 9 heteroatoms.